The normalized spacial score (nSPS) is 10.3. The average molecular weight is 176 g/mol. The summed E-state index contributed by atoms with van der Waals surface area (Å²) in [4.78, 5) is 2.17. The molecule has 0 unspecified atom stereocenters. The average Bonchev–Trinajstić information content (AvgIpc) is 2.09. The number of para-hydroxylation sites is 1. The van der Waals surface area contributed by atoms with E-state index in [9.17, 15) is 0 Å². The van der Waals surface area contributed by atoms with Gasteiger partial charge in [-0.25, -0.2) is 0 Å². The quantitative estimate of drug-likeness (QED) is 0.560. The molecule has 0 saturated carbocycles. The first-order valence-corrected chi connectivity index (χ1v) is 4.37. The van der Waals surface area contributed by atoms with Crippen molar-refractivity contribution in [3.8, 4) is 0 Å². The van der Waals surface area contributed by atoms with Gasteiger partial charge in [-0.2, -0.15) is 0 Å². The molecule has 1 aromatic rings. The van der Waals surface area contributed by atoms with Crippen molar-refractivity contribution in [2.75, 3.05) is 19.3 Å². The van der Waals surface area contributed by atoms with Crippen LogP contribution in [0.2, 0.25) is 0 Å². The van der Waals surface area contributed by atoms with Crippen molar-refractivity contribution < 1.29 is 0 Å². The van der Waals surface area contributed by atoms with Crippen molar-refractivity contribution >= 4 is 5.69 Å². The molecule has 0 aromatic heterocycles. The van der Waals surface area contributed by atoms with Crippen molar-refractivity contribution in [1.82, 2.24) is 4.90 Å². The fourth-order valence-corrected chi connectivity index (χ4v) is 1.25. The molecule has 0 aliphatic rings. The molecule has 0 aliphatic carbocycles. The van der Waals surface area contributed by atoms with E-state index in [0.717, 1.165) is 18.8 Å². The predicted molar refractivity (Wildman–Crippen MR) is 57.4 cm³/mol. The number of nitrogens with two attached hydrogens (primary N) is 1. The van der Waals surface area contributed by atoms with Crippen LogP contribution in [0, 0.1) is 0 Å². The van der Waals surface area contributed by atoms with Gasteiger partial charge in [-0.3, -0.25) is 4.90 Å². The molecule has 1 rings (SSSR count). The van der Waals surface area contributed by atoms with E-state index in [1.807, 2.05) is 31.3 Å². The van der Waals surface area contributed by atoms with Gasteiger partial charge in [0.05, 0.1) is 0 Å². The van der Waals surface area contributed by atoms with Crippen molar-refractivity contribution in [3.05, 3.63) is 42.5 Å². The first kappa shape index (κ1) is 9.81. The van der Waals surface area contributed by atoms with Gasteiger partial charge in [0, 0.05) is 18.8 Å². The van der Waals surface area contributed by atoms with Gasteiger partial charge in [0.1, 0.15) is 0 Å². The number of hydrogen-bond acceptors (Lipinski definition) is 2. The lowest BCUT2D eigenvalue weighted by Gasteiger charge is -2.15. The summed E-state index contributed by atoms with van der Waals surface area (Å²) < 4.78 is 0. The summed E-state index contributed by atoms with van der Waals surface area (Å²) in [7, 11) is 2.05. The third-order valence-electron chi connectivity index (χ3n) is 1.94. The van der Waals surface area contributed by atoms with Gasteiger partial charge in [0.15, 0.2) is 0 Å². The van der Waals surface area contributed by atoms with Gasteiger partial charge in [-0.1, -0.05) is 24.3 Å². The van der Waals surface area contributed by atoms with Crippen LogP contribution in [0.25, 0.3) is 0 Å². The minimum atomic E-state index is 0.860. The van der Waals surface area contributed by atoms with Crippen molar-refractivity contribution in [1.29, 1.82) is 0 Å². The third kappa shape index (κ3) is 2.92. The monoisotopic (exact) mass is 176 g/mol. The maximum Gasteiger partial charge on any atom is 0.0359 e. The summed E-state index contributed by atoms with van der Waals surface area (Å²) in [5, 5.41) is 0. The third-order valence-corrected chi connectivity index (χ3v) is 1.94. The lowest BCUT2D eigenvalue weighted by molar-refractivity contribution is 0.364. The molecule has 70 valence electrons. The lowest BCUT2D eigenvalue weighted by atomic mass is 10.2. The Balaban J connectivity index is 2.63. The van der Waals surface area contributed by atoms with Gasteiger partial charge in [-0.15, -0.1) is 6.58 Å². The Morgan fingerprint density at radius 1 is 1.46 bits per heavy atom. The summed E-state index contributed by atoms with van der Waals surface area (Å²) in [6.45, 7) is 5.45. The smallest absolute Gasteiger partial charge is 0.0359 e. The van der Waals surface area contributed by atoms with E-state index in [1.54, 1.807) is 0 Å². The fraction of sp³-hybridized carbons (Fsp3) is 0.273. The SMILES string of the molecule is C=CCN(C)Cc1ccccc1N. The summed E-state index contributed by atoms with van der Waals surface area (Å²) >= 11 is 0. The van der Waals surface area contributed by atoms with Crippen molar-refractivity contribution in [3.63, 3.8) is 0 Å². The molecule has 0 saturated heterocycles. The maximum atomic E-state index is 5.81. The number of hydrogen-bond donors (Lipinski definition) is 1. The topological polar surface area (TPSA) is 29.3 Å². The van der Waals surface area contributed by atoms with E-state index in [2.05, 4.69) is 17.5 Å². The van der Waals surface area contributed by atoms with Gasteiger partial charge in [0.2, 0.25) is 0 Å². The molecular formula is C11H16N2. The second kappa shape index (κ2) is 4.67. The highest BCUT2D eigenvalue weighted by Crippen LogP contribution is 2.12. The zero-order chi connectivity index (χ0) is 9.68. The predicted octanol–water partition coefficient (Wildman–Crippen LogP) is 1.89. The second-order valence-corrected chi connectivity index (χ2v) is 3.18. The number of rotatable bonds is 4. The molecule has 13 heavy (non-hydrogen) atoms. The molecule has 1 aromatic carbocycles. The van der Waals surface area contributed by atoms with Gasteiger partial charge >= 0.3 is 0 Å². The van der Waals surface area contributed by atoms with Crippen LogP contribution in [0.1, 0.15) is 5.56 Å². The van der Waals surface area contributed by atoms with Crippen LogP contribution in [-0.4, -0.2) is 18.5 Å². The Morgan fingerprint density at radius 3 is 2.77 bits per heavy atom. The fourth-order valence-electron chi connectivity index (χ4n) is 1.25. The van der Waals surface area contributed by atoms with E-state index in [4.69, 9.17) is 5.73 Å². The summed E-state index contributed by atoms with van der Waals surface area (Å²) in [5.74, 6) is 0. The van der Waals surface area contributed by atoms with E-state index in [0.29, 0.717) is 0 Å². The van der Waals surface area contributed by atoms with Crippen LogP contribution in [0.15, 0.2) is 36.9 Å². The molecule has 2 heteroatoms. The van der Waals surface area contributed by atoms with Gasteiger partial charge in [0.25, 0.3) is 0 Å². The van der Waals surface area contributed by atoms with Gasteiger partial charge < -0.3 is 5.73 Å². The molecular weight excluding hydrogens is 160 g/mol. The van der Waals surface area contributed by atoms with Crippen LogP contribution in [-0.2, 0) is 6.54 Å². The number of nitrogen functional groups attached to an aromatic ring is 1. The Hall–Kier alpha value is -1.28. The van der Waals surface area contributed by atoms with E-state index in [1.165, 1.54) is 5.56 Å². The number of nitrogens with zero attached hydrogens (tertiary/aromatic N) is 1. The van der Waals surface area contributed by atoms with E-state index < -0.39 is 0 Å². The summed E-state index contributed by atoms with van der Waals surface area (Å²) in [6, 6.07) is 7.94. The van der Waals surface area contributed by atoms with Crippen LogP contribution >= 0.6 is 0 Å². The Morgan fingerprint density at radius 2 is 2.15 bits per heavy atom. The van der Waals surface area contributed by atoms with Crippen molar-refractivity contribution in [2.45, 2.75) is 6.54 Å². The molecule has 0 fully saturated rings. The Kier molecular flexibility index (Phi) is 3.53. The molecule has 0 bridgehead atoms. The highest BCUT2D eigenvalue weighted by atomic mass is 15.1. The largest absolute Gasteiger partial charge is 0.398 e. The zero-order valence-corrected chi connectivity index (χ0v) is 8.03. The van der Waals surface area contributed by atoms with Gasteiger partial charge in [-0.05, 0) is 18.7 Å². The van der Waals surface area contributed by atoms with E-state index >= 15 is 0 Å². The van der Waals surface area contributed by atoms with Crippen LogP contribution in [0.3, 0.4) is 0 Å². The number of benzene rings is 1. The molecule has 0 atom stereocenters. The summed E-state index contributed by atoms with van der Waals surface area (Å²) in [5.41, 5.74) is 7.85. The van der Waals surface area contributed by atoms with Crippen molar-refractivity contribution in [2.24, 2.45) is 0 Å². The van der Waals surface area contributed by atoms with Crippen LogP contribution in [0.4, 0.5) is 5.69 Å². The molecule has 0 heterocycles. The summed E-state index contributed by atoms with van der Waals surface area (Å²) in [6.07, 6.45) is 1.89. The molecule has 2 nitrogen and oxygen atoms in total. The highest BCUT2D eigenvalue weighted by molar-refractivity contribution is 5.46. The number of anilines is 1. The second-order valence-electron chi connectivity index (χ2n) is 3.18. The first-order valence-electron chi connectivity index (χ1n) is 4.37. The molecule has 0 aliphatic heterocycles. The van der Waals surface area contributed by atoms with Crippen LogP contribution in [0.5, 0.6) is 0 Å². The Labute approximate surface area is 79.7 Å². The highest BCUT2D eigenvalue weighted by Gasteiger charge is 2.00. The maximum absolute atomic E-state index is 5.81. The molecule has 0 spiro atoms. The molecule has 0 radical (unpaired) electrons. The molecule has 0 amide bonds. The zero-order valence-electron chi connectivity index (χ0n) is 8.03. The molecule has 2 N–H and O–H groups in total. The Bertz CT molecular complexity index is 281. The minimum Gasteiger partial charge on any atom is -0.398 e. The van der Waals surface area contributed by atoms with Crippen LogP contribution < -0.4 is 5.73 Å². The first-order chi connectivity index (χ1) is 6.24. The lowest BCUT2D eigenvalue weighted by Crippen LogP contribution is -2.18. The number of likely N-dealkylation sites (N-methyl/N-ethyl adjacent to an activating group) is 1. The standard InChI is InChI=1S/C11H16N2/c1-3-8-13(2)9-10-6-4-5-7-11(10)12/h3-7H,1,8-9,12H2,2H3. The van der Waals surface area contributed by atoms with E-state index in [-0.39, 0.29) is 0 Å². The minimum absolute atomic E-state index is 0.860.